The van der Waals surface area contributed by atoms with E-state index in [2.05, 4.69) is 15.0 Å². The minimum absolute atomic E-state index is 0.00864. The third-order valence-electron chi connectivity index (χ3n) is 3.62. The molecule has 1 fully saturated rings. The molecular weight excluding hydrogens is 362 g/mol. The number of anilines is 1. The van der Waals surface area contributed by atoms with Gasteiger partial charge in [-0.1, -0.05) is 6.07 Å². The van der Waals surface area contributed by atoms with Gasteiger partial charge < -0.3 is 10.1 Å². The van der Waals surface area contributed by atoms with Crippen LogP contribution in [-0.2, 0) is 14.8 Å². The average molecular weight is 381 g/mol. The van der Waals surface area contributed by atoms with Gasteiger partial charge in [-0.3, -0.25) is 4.79 Å². The van der Waals surface area contributed by atoms with Gasteiger partial charge in [0, 0.05) is 6.07 Å². The standard InChI is InChI=1S/C16H19N3O4S2/c1-11(2)23-13-6-5-12(10-17-13)18-15(20)16(7-8-16)19-25(21,22)14-4-3-9-24-14/h3-6,9-11,19H,7-8H2,1-2H3,(H,18,20). The Balaban J connectivity index is 1.66. The van der Waals surface area contributed by atoms with E-state index in [1.165, 1.54) is 12.3 Å². The van der Waals surface area contributed by atoms with Crippen LogP contribution in [0, 0.1) is 0 Å². The fraction of sp³-hybridized carbons (Fsp3) is 0.375. The van der Waals surface area contributed by atoms with Gasteiger partial charge in [-0.2, -0.15) is 4.72 Å². The van der Waals surface area contributed by atoms with E-state index in [0.29, 0.717) is 24.4 Å². The first-order chi connectivity index (χ1) is 11.8. The normalized spacial score (nSPS) is 15.8. The van der Waals surface area contributed by atoms with Crippen LogP contribution in [0.3, 0.4) is 0 Å². The van der Waals surface area contributed by atoms with Crippen LogP contribution in [0.15, 0.2) is 40.1 Å². The van der Waals surface area contributed by atoms with Crippen molar-refractivity contribution in [2.45, 2.75) is 42.5 Å². The molecule has 7 nitrogen and oxygen atoms in total. The van der Waals surface area contributed by atoms with E-state index in [1.54, 1.807) is 23.6 Å². The molecular formula is C16H19N3O4S2. The highest BCUT2D eigenvalue weighted by molar-refractivity contribution is 7.91. The monoisotopic (exact) mass is 381 g/mol. The number of carbonyl (C=O) groups is 1. The summed E-state index contributed by atoms with van der Waals surface area (Å²) in [6.07, 6.45) is 2.42. The predicted molar refractivity (Wildman–Crippen MR) is 95.2 cm³/mol. The lowest BCUT2D eigenvalue weighted by Gasteiger charge is -2.17. The average Bonchev–Trinajstić information content (AvgIpc) is 3.10. The quantitative estimate of drug-likeness (QED) is 0.767. The lowest BCUT2D eigenvalue weighted by molar-refractivity contribution is -0.118. The van der Waals surface area contributed by atoms with Gasteiger partial charge in [0.2, 0.25) is 11.8 Å². The van der Waals surface area contributed by atoms with Crippen molar-refractivity contribution in [1.82, 2.24) is 9.71 Å². The zero-order chi connectivity index (χ0) is 18.1. The summed E-state index contributed by atoms with van der Waals surface area (Å²) >= 11 is 1.11. The molecule has 0 atom stereocenters. The molecule has 0 saturated heterocycles. The number of rotatable bonds is 7. The first-order valence-electron chi connectivity index (χ1n) is 7.82. The van der Waals surface area contributed by atoms with Crippen LogP contribution in [0.4, 0.5) is 5.69 Å². The minimum Gasteiger partial charge on any atom is -0.475 e. The van der Waals surface area contributed by atoms with Gasteiger partial charge in [0.25, 0.3) is 10.0 Å². The van der Waals surface area contributed by atoms with Crippen molar-refractivity contribution in [2.24, 2.45) is 0 Å². The Morgan fingerprint density at radius 2 is 2.08 bits per heavy atom. The molecule has 0 aliphatic heterocycles. The van der Waals surface area contributed by atoms with Crippen LogP contribution < -0.4 is 14.8 Å². The molecule has 0 radical (unpaired) electrons. The van der Waals surface area contributed by atoms with Gasteiger partial charge in [0.1, 0.15) is 9.75 Å². The van der Waals surface area contributed by atoms with E-state index < -0.39 is 15.6 Å². The Hall–Kier alpha value is -1.97. The highest BCUT2D eigenvalue weighted by Gasteiger charge is 2.53. The smallest absolute Gasteiger partial charge is 0.251 e. The van der Waals surface area contributed by atoms with Crippen LogP contribution >= 0.6 is 11.3 Å². The third-order valence-corrected chi connectivity index (χ3v) is 6.56. The lowest BCUT2D eigenvalue weighted by atomic mass is 10.2. The number of hydrogen-bond acceptors (Lipinski definition) is 6. The van der Waals surface area contributed by atoms with E-state index in [4.69, 9.17) is 4.74 Å². The summed E-state index contributed by atoms with van der Waals surface area (Å²) in [5.74, 6) is 0.0829. The van der Waals surface area contributed by atoms with Gasteiger partial charge in [-0.15, -0.1) is 11.3 Å². The minimum atomic E-state index is -3.70. The fourth-order valence-corrected chi connectivity index (χ4v) is 4.66. The number of nitrogens with one attached hydrogen (secondary N) is 2. The molecule has 3 rings (SSSR count). The molecule has 9 heteroatoms. The molecule has 1 aliphatic carbocycles. The number of carbonyl (C=O) groups excluding carboxylic acids is 1. The van der Waals surface area contributed by atoms with E-state index in [9.17, 15) is 13.2 Å². The topological polar surface area (TPSA) is 97.4 Å². The van der Waals surface area contributed by atoms with E-state index in [1.807, 2.05) is 13.8 Å². The number of aromatic nitrogens is 1. The fourth-order valence-electron chi connectivity index (χ4n) is 2.24. The van der Waals surface area contributed by atoms with Crippen molar-refractivity contribution in [3.63, 3.8) is 0 Å². The van der Waals surface area contributed by atoms with E-state index >= 15 is 0 Å². The van der Waals surface area contributed by atoms with Crippen molar-refractivity contribution in [3.8, 4) is 5.88 Å². The number of amides is 1. The second-order valence-electron chi connectivity index (χ2n) is 6.13. The summed E-state index contributed by atoms with van der Waals surface area (Å²) in [4.78, 5) is 16.6. The molecule has 0 spiro atoms. The van der Waals surface area contributed by atoms with Crippen LogP contribution in [-0.4, -0.2) is 31.0 Å². The van der Waals surface area contributed by atoms with E-state index in [0.717, 1.165) is 11.3 Å². The Bertz CT molecular complexity index is 842. The van der Waals surface area contributed by atoms with Crippen molar-refractivity contribution in [1.29, 1.82) is 0 Å². The van der Waals surface area contributed by atoms with Crippen molar-refractivity contribution in [2.75, 3.05) is 5.32 Å². The number of nitrogens with zero attached hydrogens (tertiary/aromatic N) is 1. The number of pyridine rings is 1. The number of hydrogen-bond donors (Lipinski definition) is 2. The molecule has 1 aliphatic rings. The summed E-state index contributed by atoms with van der Waals surface area (Å²) in [6.45, 7) is 3.79. The van der Waals surface area contributed by atoms with Crippen molar-refractivity contribution >= 4 is 33.0 Å². The van der Waals surface area contributed by atoms with Crippen LogP contribution in [0.1, 0.15) is 26.7 Å². The summed E-state index contributed by atoms with van der Waals surface area (Å²) in [5.41, 5.74) is -0.599. The van der Waals surface area contributed by atoms with Gasteiger partial charge in [0.15, 0.2) is 0 Å². The molecule has 1 amide bonds. The van der Waals surface area contributed by atoms with Crippen LogP contribution in [0.25, 0.3) is 0 Å². The highest BCUT2D eigenvalue weighted by Crippen LogP contribution is 2.38. The summed E-state index contributed by atoms with van der Waals surface area (Å²) in [5, 5.41) is 4.39. The molecule has 1 saturated carbocycles. The highest BCUT2D eigenvalue weighted by atomic mass is 32.2. The summed E-state index contributed by atoms with van der Waals surface area (Å²) in [6, 6.07) is 6.50. The maximum Gasteiger partial charge on any atom is 0.251 e. The largest absolute Gasteiger partial charge is 0.475 e. The molecule has 0 bridgehead atoms. The number of thiophene rings is 1. The van der Waals surface area contributed by atoms with Gasteiger partial charge in [0.05, 0.1) is 18.0 Å². The maximum atomic E-state index is 12.5. The summed E-state index contributed by atoms with van der Waals surface area (Å²) < 4.78 is 32.9. The molecule has 2 N–H and O–H groups in total. The SMILES string of the molecule is CC(C)Oc1ccc(NC(=O)C2(NS(=O)(=O)c3cccs3)CC2)cn1. The molecule has 0 unspecified atom stereocenters. The Kier molecular flexibility index (Phi) is 4.81. The zero-order valence-electron chi connectivity index (χ0n) is 13.9. The van der Waals surface area contributed by atoms with E-state index in [-0.39, 0.29) is 16.2 Å². The number of ether oxygens (including phenoxy) is 1. The van der Waals surface area contributed by atoms with Gasteiger partial charge >= 0.3 is 0 Å². The predicted octanol–water partition coefficient (Wildman–Crippen LogP) is 2.38. The first kappa shape index (κ1) is 17.8. The Labute approximate surface area is 150 Å². The molecule has 2 heterocycles. The first-order valence-corrected chi connectivity index (χ1v) is 10.2. The van der Waals surface area contributed by atoms with Crippen LogP contribution in [0.2, 0.25) is 0 Å². The lowest BCUT2D eigenvalue weighted by Crippen LogP contribution is -2.45. The van der Waals surface area contributed by atoms with Crippen molar-refractivity contribution < 1.29 is 17.9 Å². The molecule has 0 aromatic carbocycles. The Morgan fingerprint density at radius 3 is 2.60 bits per heavy atom. The third kappa shape index (κ3) is 4.17. The van der Waals surface area contributed by atoms with Gasteiger partial charge in [-0.25, -0.2) is 13.4 Å². The van der Waals surface area contributed by atoms with Gasteiger partial charge in [-0.05, 0) is 44.2 Å². The second kappa shape index (κ2) is 6.74. The number of sulfonamides is 1. The van der Waals surface area contributed by atoms with Crippen LogP contribution in [0.5, 0.6) is 5.88 Å². The molecule has 25 heavy (non-hydrogen) atoms. The maximum absolute atomic E-state index is 12.5. The second-order valence-corrected chi connectivity index (χ2v) is 8.98. The summed E-state index contributed by atoms with van der Waals surface area (Å²) in [7, 11) is -3.70. The molecule has 2 aromatic rings. The Morgan fingerprint density at radius 1 is 1.32 bits per heavy atom. The zero-order valence-corrected chi connectivity index (χ0v) is 15.5. The molecule has 134 valence electrons. The van der Waals surface area contributed by atoms with Crippen molar-refractivity contribution in [3.05, 3.63) is 35.8 Å². The molecule has 2 aromatic heterocycles.